The summed E-state index contributed by atoms with van der Waals surface area (Å²) < 4.78 is 0. The fourth-order valence-electron chi connectivity index (χ4n) is 3.97. The van der Waals surface area contributed by atoms with Crippen LogP contribution >= 0.6 is 0 Å². The molecule has 1 unspecified atom stereocenters. The second kappa shape index (κ2) is 8.36. The summed E-state index contributed by atoms with van der Waals surface area (Å²) in [7, 11) is 0. The minimum atomic E-state index is 0.434. The predicted molar refractivity (Wildman–Crippen MR) is 114 cm³/mol. The molecule has 0 spiro atoms. The molecule has 0 amide bonds. The van der Waals surface area contributed by atoms with Gasteiger partial charge in [0.05, 0.1) is 0 Å². The van der Waals surface area contributed by atoms with E-state index in [4.69, 9.17) is 0 Å². The average molecular weight is 343 g/mol. The lowest BCUT2D eigenvalue weighted by molar-refractivity contribution is 0.778. The minimum absolute atomic E-state index is 0.434. The van der Waals surface area contributed by atoms with Gasteiger partial charge in [0.2, 0.25) is 0 Å². The molecule has 0 aliphatic rings. The van der Waals surface area contributed by atoms with Crippen molar-refractivity contribution in [2.45, 2.75) is 52.9 Å². The van der Waals surface area contributed by atoms with E-state index in [9.17, 15) is 0 Å². The average Bonchev–Trinajstić information content (AvgIpc) is 2.67. The molecule has 0 bridgehead atoms. The summed E-state index contributed by atoms with van der Waals surface area (Å²) in [6, 6.07) is 24.7. The second-order valence-electron chi connectivity index (χ2n) is 7.30. The van der Waals surface area contributed by atoms with E-state index < -0.39 is 0 Å². The molecule has 0 heterocycles. The Bertz CT molecular complexity index is 858. The Labute approximate surface area is 158 Å². The molecule has 0 nitrogen and oxygen atoms in total. The van der Waals surface area contributed by atoms with Crippen molar-refractivity contribution < 1.29 is 0 Å². The Balaban J connectivity index is 2.18. The zero-order chi connectivity index (χ0) is 18.5. The van der Waals surface area contributed by atoms with E-state index in [1.165, 1.54) is 45.4 Å². The molecule has 3 rings (SSSR count). The van der Waals surface area contributed by atoms with Crippen LogP contribution in [0, 0.1) is 13.8 Å². The summed E-state index contributed by atoms with van der Waals surface area (Å²) in [6.45, 7) is 9.01. The van der Waals surface area contributed by atoms with Crippen molar-refractivity contribution in [3.05, 3.63) is 94.5 Å². The molecular weight excluding hydrogens is 312 g/mol. The van der Waals surface area contributed by atoms with E-state index >= 15 is 0 Å². The molecule has 0 aliphatic carbocycles. The SMILES string of the molecule is CCCc1cc(C)c(C)cc1-c1ccccc1C(CC)c1ccccc1. The molecule has 3 aromatic carbocycles. The predicted octanol–water partition coefficient (Wildman–Crippen LogP) is 7.46. The van der Waals surface area contributed by atoms with Crippen molar-refractivity contribution >= 4 is 0 Å². The van der Waals surface area contributed by atoms with E-state index in [2.05, 4.69) is 94.4 Å². The molecule has 0 fully saturated rings. The summed E-state index contributed by atoms with van der Waals surface area (Å²) in [6.07, 6.45) is 3.41. The fraction of sp³-hybridized carbons (Fsp3) is 0.308. The molecular formula is C26H30. The molecule has 26 heavy (non-hydrogen) atoms. The highest BCUT2D eigenvalue weighted by molar-refractivity contribution is 5.73. The van der Waals surface area contributed by atoms with Crippen LogP contribution in [0.3, 0.4) is 0 Å². The van der Waals surface area contributed by atoms with E-state index in [0.717, 1.165) is 12.8 Å². The normalized spacial score (nSPS) is 12.2. The highest BCUT2D eigenvalue weighted by atomic mass is 14.2. The van der Waals surface area contributed by atoms with Gasteiger partial charge in [-0.05, 0) is 65.6 Å². The monoisotopic (exact) mass is 342 g/mol. The molecule has 0 heteroatoms. The largest absolute Gasteiger partial charge is 0.0651 e. The third kappa shape index (κ3) is 3.75. The molecule has 0 aromatic heterocycles. The lowest BCUT2D eigenvalue weighted by atomic mass is 9.82. The first-order valence-corrected chi connectivity index (χ1v) is 9.90. The quantitative estimate of drug-likeness (QED) is 0.436. The summed E-state index contributed by atoms with van der Waals surface area (Å²) in [5.41, 5.74) is 9.91. The fourth-order valence-corrected chi connectivity index (χ4v) is 3.97. The van der Waals surface area contributed by atoms with Gasteiger partial charge in [-0.2, -0.15) is 0 Å². The first-order chi connectivity index (χ1) is 12.7. The maximum Gasteiger partial charge on any atom is 0.00928 e. The summed E-state index contributed by atoms with van der Waals surface area (Å²) in [5.74, 6) is 0.434. The van der Waals surface area contributed by atoms with Crippen LogP contribution in [-0.4, -0.2) is 0 Å². The molecule has 0 saturated heterocycles. The van der Waals surface area contributed by atoms with Gasteiger partial charge in [0, 0.05) is 5.92 Å². The molecule has 1 atom stereocenters. The lowest BCUT2D eigenvalue weighted by Gasteiger charge is -2.22. The highest BCUT2D eigenvalue weighted by Crippen LogP contribution is 2.37. The van der Waals surface area contributed by atoms with Crippen molar-refractivity contribution in [3.8, 4) is 11.1 Å². The molecule has 0 saturated carbocycles. The number of rotatable bonds is 6. The zero-order valence-electron chi connectivity index (χ0n) is 16.5. The van der Waals surface area contributed by atoms with Gasteiger partial charge < -0.3 is 0 Å². The van der Waals surface area contributed by atoms with E-state index in [0.29, 0.717) is 5.92 Å². The Hall–Kier alpha value is -2.34. The van der Waals surface area contributed by atoms with Gasteiger partial charge in [0.25, 0.3) is 0 Å². The summed E-state index contributed by atoms with van der Waals surface area (Å²) in [5, 5.41) is 0. The van der Waals surface area contributed by atoms with Gasteiger partial charge in [-0.15, -0.1) is 0 Å². The number of hydrogen-bond acceptors (Lipinski definition) is 0. The van der Waals surface area contributed by atoms with Crippen molar-refractivity contribution in [2.24, 2.45) is 0 Å². The van der Waals surface area contributed by atoms with Gasteiger partial charge in [0.1, 0.15) is 0 Å². The molecule has 0 N–H and O–H groups in total. The first kappa shape index (κ1) is 18.5. The number of aryl methyl sites for hydroxylation is 3. The van der Waals surface area contributed by atoms with Crippen LogP contribution in [0.15, 0.2) is 66.7 Å². The maximum atomic E-state index is 2.40. The smallest absolute Gasteiger partial charge is 0.00928 e. The zero-order valence-corrected chi connectivity index (χ0v) is 16.5. The minimum Gasteiger partial charge on any atom is -0.0651 e. The molecule has 0 radical (unpaired) electrons. The third-order valence-corrected chi connectivity index (χ3v) is 5.48. The van der Waals surface area contributed by atoms with Crippen molar-refractivity contribution in [3.63, 3.8) is 0 Å². The summed E-state index contributed by atoms with van der Waals surface area (Å²) in [4.78, 5) is 0. The topological polar surface area (TPSA) is 0 Å². The van der Waals surface area contributed by atoms with Crippen LogP contribution in [0.5, 0.6) is 0 Å². The van der Waals surface area contributed by atoms with Gasteiger partial charge in [-0.1, -0.05) is 87.0 Å². The highest BCUT2D eigenvalue weighted by Gasteiger charge is 2.18. The van der Waals surface area contributed by atoms with Crippen LogP contribution in [0.1, 0.15) is 60.4 Å². The van der Waals surface area contributed by atoms with Gasteiger partial charge in [0.15, 0.2) is 0 Å². The second-order valence-corrected chi connectivity index (χ2v) is 7.30. The Kier molecular flexibility index (Phi) is 5.93. The van der Waals surface area contributed by atoms with Crippen LogP contribution in [0.4, 0.5) is 0 Å². The van der Waals surface area contributed by atoms with E-state index in [1.54, 1.807) is 0 Å². The lowest BCUT2D eigenvalue weighted by Crippen LogP contribution is -2.03. The molecule has 134 valence electrons. The van der Waals surface area contributed by atoms with Crippen LogP contribution in [0.25, 0.3) is 11.1 Å². The van der Waals surface area contributed by atoms with Crippen molar-refractivity contribution in [1.82, 2.24) is 0 Å². The first-order valence-electron chi connectivity index (χ1n) is 9.90. The van der Waals surface area contributed by atoms with Crippen LogP contribution < -0.4 is 0 Å². The Morgan fingerprint density at radius 3 is 2.08 bits per heavy atom. The van der Waals surface area contributed by atoms with Crippen LogP contribution in [-0.2, 0) is 6.42 Å². The molecule has 0 aliphatic heterocycles. The van der Waals surface area contributed by atoms with Gasteiger partial charge in [-0.25, -0.2) is 0 Å². The Morgan fingerprint density at radius 1 is 0.731 bits per heavy atom. The molecule has 3 aromatic rings. The van der Waals surface area contributed by atoms with E-state index in [-0.39, 0.29) is 0 Å². The van der Waals surface area contributed by atoms with Crippen molar-refractivity contribution in [2.75, 3.05) is 0 Å². The van der Waals surface area contributed by atoms with Crippen molar-refractivity contribution in [1.29, 1.82) is 0 Å². The summed E-state index contributed by atoms with van der Waals surface area (Å²) >= 11 is 0. The van der Waals surface area contributed by atoms with E-state index in [1.807, 2.05) is 0 Å². The maximum absolute atomic E-state index is 2.40. The van der Waals surface area contributed by atoms with Crippen LogP contribution in [0.2, 0.25) is 0 Å². The standard InChI is InChI=1S/C26H30/c1-5-12-22-17-19(3)20(4)18-26(22)25-16-11-10-15-24(25)23(6-2)21-13-8-7-9-14-21/h7-11,13-18,23H,5-6,12H2,1-4H3. The van der Waals surface area contributed by atoms with Gasteiger partial charge >= 0.3 is 0 Å². The van der Waals surface area contributed by atoms with Gasteiger partial charge in [-0.3, -0.25) is 0 Å². The Morgan fingerprint density at radius 2 is 1.38 bits per heavy atom. The third-order valence-electron chi connectivity index (χ3n) is 5.48. The number of benzene rings is 3. The number of hydrogen-bond donors (Lipinski definition) is 0.